The van der Waals surface area contributed by atoms with Crippen molar-refractivity contribution in [3.8, 4) is 0 Å². The lowest BCUT2D eigenvalue weighted by Gasteiger charge is -2.36. The van der Waals surface area contributed by atoms with E-state index < -0.39 is 0 Å². The van der Waals surface area contributed by atoms with Crippen LogP contribution in [0.2, 0.25) is 0 Å². The van der Waals surface area contributed by atoms with Gasteiger partial charge in [0.1, 0.15) is 0 Å². The lowest BCUT2D eigenvalue weighted by atomic mass is 10.0. The Morgan fingerprint density at radius 1 is 0.889 bits per heavy atom. The molecule has 2 saturated heterocycles. The average Bonchev–Trinajstić information content (AvgIpc) is 3.11. The maximum Gasteiger partial charge on any atom is 0.0209 e. The molecule has 3 nitrogen and oxygen atoms in total. The molecule has 2 heterocycles. The van der Waals surface area contributed by atoms with E-state index in [9.17, 15) is 0 Å². The number of nitrogens with zero attached hydrogens (tertiary/aromatic N) is 2. The minimum atomic E-state index is 0.725. The van der Waals surface area contributed by atoms with Gasteiger partial charge in [0.15, 0.2) is 0 Å². The molecule has 1 unspecified atom stereocenters. The summed E-state index contributed by atoms with van der Waals surface area (Å²) in [5.74, 6) is 0. The Kier molecular flexibility index (Phi) is 3.92. The van der Waals surface area contributed by atoms with Crippen LogP contribution in [0.1, 0.15) is 46.0 Å². The first kappa shape index (κ1) is 12.9. The van der Waals surface area contributed by atoms with Crippen molar-refractivity contribution in [2.75, 3.05) is 26.2 Å². The Labute approximate surface area is 112 Å². The Bertz CT molecular complexity index is 267. The average molecular weight is 251 g/mol. The fraction of sp³-hybridized carbons (Fsp3) is 1.00. The smallest absolute Gasteiger partial charge is 0.0209 e. The molecule has 3 aliphatic rings. The van der Waals surface area contributed by atoms with Crippen LogP contribution in [0.25, 0.3) is 0 Å². The zero-order valence-corrected chi connectivity index (χ0v) is 12.1. The van der Waals surface area contributed by atoms with Crippen LogP contribution in [0.15, 0.2) is 0 Å². The van der Waals surface area contributed by atoms with E-state index in [1.165, 1.54) is 58.3 Å². The molecule has 0 spiro atoms. The number of hydrogen-bond donors (Lipinski definition) is 1. The second kappa shape index (κ2) is 5.48. The van der Waals surface area contributed by atoms with Crippen molar-refractivity contribution in [1.82, 2.24) is 15.1 Å². The lowest BCUT2D eigenvalue weighted by molar-refractivity contribution is 0.156. The number of hydrogen-bond acceptors (Lipinski definition) is 3. The first-order valence-corrected chi connectivity index (χ1v) is 7.96. The van der Waals surface area contributed by atoms with Gasteiger partial charge in [-0.25, -0.2) is 0 Å². The van der Waals surface area contributed by atoms with Crippen LogP contribution in [0.4, 0.5) is 0 Å². The molecule has 0 aromatic heterocycles. The zero-order chi connectivity index (χ0) is 12.5. The zero-order valence-electron chi connectivity index (χ0n) is 12.1. The van der Waals surface area contributed by atoms with E-state index in [-0.39, 0.29) is 0 Å². The number of nitrogens with one attached hydrogen (secondary N) is 1. The minimum Gasteiger partial charge on any atom is -0.310 e. The van der Waals surface area contributed by atoms with Gasteiger partial charge in [0.25, 0.3) is 0 Å². The third kappa shape index (κ3) is 3.06. The van der Waals surface area contributed by atoms with Gasteiger partial charge in [0.2, 0.25) is 0 Å². The molecule has 2 aliphatic heterocycles. The van der Waals surface area contributed by atoms with Crippen LogP contribution in [0.5, 0.6) is 0 Å². The van der Waals surface area contributed by atoms with E-state index in [2.05, 4.69) is 29.0 Å². The highest BCUT2D eigenvalue weighted by molar-refractivity contribution is 4.93. The molecular weight excluding hydrogens is 222 g/mol. The molecule has 1 saturated carbocycles. The second-order valence-corrected chi connectivity index (χ2v) is 6.78. The Hall–Kier alpha value is -0.120. The molecule has 0 bridgehead atoms. The molecule has 3 fully saturated rings. The predicted molar refractivity (Wildman–Crippen MR) is 75.9 cm³/mol. The van der Waals surface area contributed by atoms with Gasteiger partial charge in [-0.3, -0.25) is 4.90 Å². The second-order valence-electron chi connectivity index (χ2n) is 6.78. The van der Waals surface area contributed by atoms with E-state index in [0.717, 1.165) is 24.2 Å². The van der Waals surface area contributed by atoms with Crippen LogP contribution < -0.4 is 5.32 Å². The molecule has 18 heavy (non-hydrogen) atoms. The van der Waals surface area contributed by atoms with Crippen molar-refractivity contribution in [2.45, 2.75) is 70.1 Å². The minimum absolute atomic E-state index is 0.725. The SMILES string of the molecule is CC(C)N1CCC(NC2CCN(C3CC3)C2)CC1. The van der Waals surface area contributed by atoms with E-state index in [1.807, 2.05) is 0 Å². The van der Waals surface area contributed by atoms with E-state index in [1.54, 1.807) is 0 Å². The quantitative estimate of drug-likeness (QED) is 0.820. The van der Waals surface area contributed by atoms with Crippen LogP contribution in [-0.4, -0.2) is 60.1 Å². The van der Waals surface area contributed by atoms with Crippen molar-refractivity contribution in [1.29, 1.82) is 0 Å². The molecule has 1 atom stereocenters. The molecule has 1 N–H and O–H groups in total. The van der Waals surface area contributed by atoms with Crippen LogP contribution >= 0.6 is 0 Å². The van der Waals surface area contributed by atoms with Crippen molar-refractivity contribution in [2.24, 2.45) is 0 Å². The molecule has 1 aliphatic carbocycles. The summed E-state index contributed by atoms with van der Waals surface area (Å²) in [6, 6.07) is 3.24. The molecule has 3 rings (SSSR count). The highest BCUT2D eigenvalue weighted by atomic mass is 15.2. The first-order valence-electron chi connectivity index (χ1n) is 7.96. The first-order chi connectivity index (χ1) is 8.72. The largest absolute Gasteiger partial charge is 0.310 e. The van der Waals surface area contributed by atoms with E-state index >= 15 is 0 Å². The van der Waals surface area contributed by atoms with Crippen LogP contribution in [0, 0.1) is 0 Å². The summed E-state index contributed by atoms with van der Waals surface area (Å²) in [4.78, 5) is 5.32. The highest BCUT2D eigenvalue weighted by Crippen LogP contribution is 2.30. The van der Waals surface area contributed by atoms with Gasteiger partial charge in [-0.2, -0.15) is 0 Å². The van der Waals surface area contributed by atoms with Gasteiger partial charge >= 0.3 is 0 Å². The Morgan fingerprint density at radius 3 is 2.17 bits per heavy atom. The molecule has 0 amide bonds. The van der Waals surface area contributed by atoms with Gasteiger partial charge in [-0.1, -0.05) is 0 Å². The maximum absolute atomic E-state index is 3.92. The highest BCUT2D eigenvalue weighted by Gasteiger charge is 2.35. The standard InChI is InChI=1S/C15H29N3/c1-12(2)17-8-5-13(6-9-17)16-14-7-10-18(11-14)15-3-4-15/h12-16H,3-11H2,1-2H3. The predicted octanol–water partition coefficient (Wildman–Crippen LogP) is 1.69. The van der Waals surface area contributed by atoms with Gasteiger partial charge in [-0.05, 0) is 59.0 Å². The van der Waals surface area contributed by atoms with Gasteiger partial charge in [0, 0.05) is 37.3 Å². The fourth-order valence-corrected chi connectivity index (χ4v) is 3.61. The molecule has 104 valence electrons. The van der Waals surface area contributed by atoms with E-state index in [4.69, 9.17) is 0 Å². The number of rotatable bonds is 4. The van der Waals surface area contributed by atoms with E-state index in [0.29, 0.717) is 0 Å². The van der Waals surface area contributed by atoms with Crippen molar-refractivity contribution in [3.63, 3.8) is 0 Å². The van der Waals surface area contributed by atoms with Crippen molar-refractivity contribution < 1.29 is 0 Å². The summed E-state index contributed by atoms with van der Waals surface area (Å²) in [5.41, 5.74) is 0. The van der Waals surface area contributed by atoms with Gasteiger partial charge < -0.3 is 10.2 Å². The van der Waals surface area contributed by atoms with Gasteiger partial charge in [-0.15, -0.1) is 0 Å². The number of piperidine rings is 1. The van der Waals surface area contributed by atoms with Crippen molar-refractivity contribution >= 4 is 0 Å². The normalized spacial score (nSPS) is 32.5. The summed E-state index contributed by atoms with van der Waals surface area (Å²) in [7, 11) is 0. The molecule has 0 aromatic carbocycles. The summed E-state index contributed by atoms with van der Waals surface area (Å²) < 4.78 is 0. The molecule has 3 heteroatoms. The monoisotopic (exact) mass is 251 g/mol. The summed E-state index contributed by atoms with van der Waals surface area (Å²) in [5, 5.41) is 3.92. The van der Waals surface area contributed by atoms with Crippen molar-refractivity contribution in [3.05, 3.63) is 0 Å². The molecule has 0 radical (unpaired) electrons. The lowest BCUT2D eigenvalue weighted by Crippen LogP contribution is -2.48. The third-order valence-electron chi connectivity index (χ3n) is 5.01. The molecular formula is C15H29N3. The topological polar surface area (TPSA) is 18.5 Å². The Morgan fingerprint density at radius 2 is 1.56 bits per heavy atom. The summed E-state index contributed by atoms with van der Waals surface area (Å²) in [6.07, 6.45) is 6.98. The Balaban J connectivity index is 1.39. The maximum atomic E-state index is 3.92. The third-order valence-corrected chi connectivity index (χ3v) is 5.01. The van der Waals surface area contributed by atoms with Gasteiger partial charge in [0.05, 0.1) is 0 Å². The number of likely N-dealkylation sites (tertiary alicyclic amines) is 2. The summed E-state index contributed by atoms with van der Waals surface area (Å²) in [6.45, 7) is 9.86. The summed E-state index contributed by atoms with van der Waals surface area (Å²) >= 11 is 0. The van der Waals surface area contributed by atoms with Crippen LogP contribution in [-0.2, 0) is 0 Å². The molecule has 0 aromatic rings. The van der Waals surface area contributed by atoms with Crippen LogP contribution in [0.3, 0.4) is 0 Å². The fourth-order valence-electron chi connectivity index (χ4n) is 3.61.